The Bertz CT molecular complexity index is 854. The molecule has 0 aliphatic carbocycles. The van der Waals surface area contributed by atoms with Crippen LogP contribution in [0.2, 0.25) is 0 Å². The fraction of sp³-hybridized carbons (Fsp3) is 0.550. The maximum Gasteiger partial charge on any atom is 0.220 e. The molecule has 0 spiro atoms. The predicted molar refractivity (Wildman–Crippen MR) is 108 cm³/mol. The van der Waals surface area contributed by atoms with Crippen molar-refractivity contribution < 1.29 is 13.2 Å². The van der Waals surface area contributed by atoms with Gasteiger partial charge in [-0.3, -0.25) is 4.79 Å². The molecule has 27 heavy (non-hydrogen) atoms. The number of hydrogen-bond donors (Lipinski definition) is 2. The number of fused-ring (bicyclic) bond motifs is 1. The zero-order valence-electron chi connectivity index (χ0n) is 15.7. The van der Waals surface area contributed by atoms with E-state index in [2.05, 4.69) is 16.4 Å². The van der Waals surface area contributed by atoms with Crippen molar-refractivity contribution in [2.45, 2.75) is 44.9 Å². The van der Waals surface area contributed by atoms with Crippen LogP contribution < -0.4 is 5.32 Å². The highest BCUT2D eigenvalue weighted by Gasteiger charge is 2.23. The average Bonchev–Trinajstić information content (AvgIpc) is 3.09. The van der Waals surface area contributed by atoms with Gasteiger partial charge in [0.05, 0.1) is 5.75 Å². The summed E-state index contributed by atoms with van der Waals surface area (Å²) in [5.74, 6) is 0.139. The molecule has 1 aliphatic rings. The second-order valence-electron chi connectivity index (χ2n) is 7.19. The number of amides is 1. The lowest BCUT2D eigenvalue weighted by Gasteiger charge is -2.25. The van der Waals surface area contributed by atoms with Gasteiger partial charge in [0.2, 0.25) is 15.9 Å². The van der Waals surface area contributed by atoms with Gasteiger partial charge in [0.15, 0.2) is 0 Å². The fourth-order valence-corrected chi connectivity index (χ4v) is 5.25. The van der Waals surface area contributed by atoms with Crippen LogP contribution in [0, 0.1) is 0 Å². The SMILES string of the molecule is O=C(CCCCS(=O)(=O)N1CCCCC1)NCCc1c[nH]c2ccccc12. The Kier molecular flexibility index (Phi) is 6.90. The van der Waals surface area contributed by atoms with Crippen molar-refractivity contribution in [3.05, 3.63) is 36.0 Å². The first-order valence-corrected chi connectivity index (χ1v) is 11.5. The maximum absolute atomic E-state index is 12.3. The zero-order chi connectivity index (χ0) is 19.1. The third-order valence-electron chi connectivity index (χ3n) is 5.16. The van der Waals surface area contributed by atoms with Crippen molar-refractivity contribution in [1.82, 2.24) is 14.6 Å². The first kappa shape index (κ1) is 19.9. The molecule has 0 atom stereocenters. The Hall–Kier alpha value is -1.86. The van der Waals surface area contributed by atoms with Crippen molar-refractivity contribution in [2.24, 2.45) is 0 Å². The second-order valence-corrected chi connectivity index (χ2v) is 9.28. The summed E-state index contributed by atoms with van der Waals surface area (Å²) in [7, 11) is -3.15. The number of unbranched alkanes of at least 4 members (excludes halogenated alkanes) is 1. The number of benzene rings is 1. The second kappa shape index (κ2) is 9.37. The number of H-pyrrole nitrogens is 1. The van der Waals surface area contributed by atoms with E-state index in [-0.39, 0.29) is 11.7 Å². The van der Waals surface area contributed by atoms with Crippen LogP contribution in [-0.4, -0.2) is 49.0 Å². The van der Waals surface area contributed by atoms with E-state index in [4.69, 9.17) is 0 Å². The molecule has 7 heteroatoms. The molecule has 1 aliphatic heterocycles. The monoisotopic (exact) mass is 391 g/mol. The van der Waals surface area contributed by atoms with Crippen LogP contribution in [0.1, 0.15) is 44.1 Å². The van der Waals surface area contributed by atoms with Crippen LogP contribution in [0.25, 0.3) is 10.9 Å². The van der Waals surface area contributed by atoms with Crippen molar-refractivity contribution >= 4 is 26.8 Å². The zero-order valence-corrected chi connectivity index (χ0v) is 16.6. The largest absolute Gasteiger partial charge is 0.361 e. The van der Waals surface area contributed by atoms with E-state index in [1.807, 2.05) is 24.4 Å². The lowest BCUT2D eigenvalue weighted by atomic mass is 10.1. The van der Waals surface area contributed by atoms with Gasteiger partial charge in [-0.25, -0.2) is 12.7 Å². The molecular formula is C20H29N3O3S. The van der Waals surface area contributed by atoms with Gasteiger partial charge >= 0.3 is 0 Å². The molecule has 0 unspecified atom stereocenters. The van der Waals surface area contributed by atoms with Gasteiger partial charge in [-0.05, 0) is 43.7 Å². The lowest BCUT2D eigenvalue weighted by molar-refractivity contribution is -0.121. The normalized spacial score (nSPS) is 15.9. The summed E-state index contributed by atoms with van der Waals surface area (Å²) < 4.78 is 26.1. The lowest BCUT2D eigenvalue weighted by Crippen LogP contribution is -2.37. The highest BCUT2D eigenvalue weighted by molar-refractivity contribution is 7.89. The molecule has 0 radical (unpaired) electrons. The van der Waals surface area contributed by atoms with E-state index in [9.17, 15) is 13.2 Å². The first-order chi connectivity index (χ1) is 13.1. The Morgan fingerprint density at radius 1 is 1.11 bits per heavy atom. The smallest absolute Gasteiger partial charge is 0.220 e. The molecule has 0 saturated carbocycles. The summed E-state index contributed by atoms with van der Waals surface area (Å²) in [4.78, 5) is 15.2. The third-order valence-corrected chi connectivity index (χ3v) is 7.11. The first-order valence-electron chi connectivity index (χ1n) is 9.86. The predicted octanol–water partition coefficient (Wildman–Crippen LogP) is 2.81. The number of carbonyl (C=O) groups excluding carboxylic acids is 1. The van der Waals surface area contributed by atoms with Crippen molar-refractivity contribution in [2.75, 3.05) is 25.4 Å². The van der Waals surface area contributed by atoms with Crippen LogP contribution in [0.15, 0.2) is 30.5 Å². The molecule has 0 bridgehead atoms. The third kappa shape index (κ3) is 5.56. The van der Waals surface area contributed by atoms with E-state index >= 15 is 0 Å². The molecule has 1 aromatic carbocycles. The minimum atomic E-state index is -3.15. The molecule has 2 N–H and O–H groups in total. The molecule has 1 saturated heterocycles. The van der Waals surface area contributed by atoms with Crippen LogP contribution in [0.3, 0.4) is 0 Å². The molecule has 3 rings (SSSR count). The van der Waals surface area contributed by atoms with E-state index in [1.165, 1.54) is 10.9 Å². The van der Waals surface area contributed by atoms with Crippen molar-refractivity contribution in [3.8, 4) is 0 Å². The molecular weight excluding hydrogens is 362 g/mol. The Labute approximate surface area is 161 Å². The highest BCUT2D eigenvalue weighted by Crippen LogP contribution is 2.18. The standard InChI is InChI=1S/C20H29N3O3S/c24-20(10-4-7-15-27(25,26)23-13-5-1-6-14-23)21-12-11-17-16-22-19-9-3-2-8-18(17)19/h2-3,8-9,16,22H,1,4-7,10-15H2,(H,21,24). The van der Waals surface area contributed by atoms with Gasteiger partial charge in [-0.2, -0.15) is 0 Å². The summed E-state index contributed by atoms with van der Waals surface area (Å²) in [5, 5.41) is 4.12. The molecule has 1 amide bonds. The summed E-state index contributed by atoms with van der Waals surface area (Å²) in [6, 6.07) is 8.12. The molecule has 148 valence electrons. The minimum Gasteiger partial charge on any atom is -0.361 e. The van der Waals surface area contributed by atoms with Gasteiger partial charge in [0.25, 0.3) is 0 Å². The number of nitrogens with zero attached hydrogens (tertiary/aromatic N) is 1. The minimum absolute atomic E-state index is 0.00906. The highest BCUT2D eigenvalue weighted by atomic mass is 32.2. The number of nitrogens with one attached hydrogen (secondary N) is 2. The van der Waals surface area contributed by atoms with Gasteiger partial charge in [-0.15, -0.1) is 0 Å². The number of aromatic nitrogens is 1. The Balaban J connectivity index is 1.33. The van der Waals surface area contributed by atoms with Crippen LogP contribution in [0.5, 0.6) is 0 Å². The molecule has 6 nitrogen and oxygen atoms in total. The number of rotatable bonds is 9. The van der Waals surface area contributed by atoms with Gasteiger partial charge in [-0.1, -0.05) is 24.6 Å². The van der Waals surface area contributed by atoms with E-state index in [0.29, 0.717) is 38.9 Å². The van der Waals surface area contributed by atoms with Crippen LogP contribution in [0.4, 0.5) is 0 Å². The van der Waals surface area contributed by atoms with Crippen molar-refractivity contribution in [3.63, 3.8) is 0 Å². The topological polar surface area (TPSA) is 82.3 Å². The average molecular weight is 392 g/mol. The van der Waals surface area contributed by atoms with Crippen LogP contribution >= 0.6 is 0 Å². The Morgan fingerprint density at radius 3 is 2.70 bits per heavy atom. The fourth-order valence-electron chi connectivity index (χ4n) is 3.61. The maximum atomic E-state index is 12.3. The number of para-hydroxylation sites is 1. The quantitative estimate of drug-likeness (QED) is 0.645. The molecule has 2 heterocycles. The molecule has 2 aromatic rings. The number of sulfonamides is 1. The molecule has 1 fully saturated rings. The van der Waals surface area contributed by atoms with E-state index in [0.717, 1.165) is 31.2 Å². The number of piperidine rings is 1. The summed E-state index contributed by atoms with van der Waals surface area (Å²) in [6.07, 6.45) is 7.31. The number of carbonyl (C=O) groups is 1. The van der Waals surface area contributed by atoms with E-state index in [1.54, 1.807) is 4.31 Å². The summed E-state index contributed by atoms with van der Waals surface area (Å²) in [5.41, 5.74) is 2.30. The number of hydrogen-bond acceptors (Lipinski definition) is 3. The Morgan fingerprint density at radius 2 is 1.89 bits per heavy atom. The van der Waals surface area contributed by atoms with Gasteiger partial charge in [0, 0.05) is 43.2 Å². The van der Waals surface area contributed by atoms with Gasteiger partial charge < -0.3 is 10.3 Å². The van der Waals surface area contributed by atoms with Crippen LogP contribution in [-0.2, 0) is 21.2 Å². The van der Waals surface area contributed by atoms with E-state index < -0.39 is 10.0 Å². The number of aromatic amines is 1. The van der Waals surface area contributed by atoms with Crippen molar-refractivity contribution in [1.29, 1.82) is 0 Å². The summed E-state index contributed by atoms with van der Waals surface area (Å²) >= 11 is 0. The van der Waals surface area contributed by atoms with Gasteiger partial charge in [0.1, 0.15) is 0 Å². The molecule has 1 aromatic heterocycles. The summed E-state index contributed by atoms with van der Waals surface area (Å²) in [6.45, 7) is 1.89.